The number of hydrogen-bond acceptors (Lipinski definition) is 3. The standard InChI is InChI=1S/C25H27N3O3S/c1-19-13-14-24(23(17-19)26-32(30,31)22-11-4-3-5-12-22)28-16-8-15-27(25(28)29)18-21-10-7-6-9-20(21)2/h3-7,9-14,17,26H,8,15-16,18H2,1-2H3. The van der Waals surface area contributed by atoms with Crippen LogP contribution < -0.4 is 9.62 Å². The van der Waals surface area contributed by atoms with E-state index in [0.717, 1.165) is 23.1 Å². The van der Waals surface area contributed by atoms with Gasteiger partial charge in [0.25, 0.3) is 10.0 Å². The summed E-state index contributed by atoms with van der Waals surface area (Å²) in [5, 5.41) is 0. The third kappa shape index (κ3) is 4.62. The van der Waals surface area contributed by atoms with Crippen molar-refractivity contribution in [3.63, 3.8) is 0 Å². The zero-order valence-electron chi connectivity index (χ0n) is 18.3. The van der Waals surface area contributed by atoms with Gasteiger partial charge in [-0.25, -0.2) is 13.2 Å². The van der Waals surface area contributed by atoms with Gasteiger partial charge in [-0.3, -0.25) is 9.62 Å². The monoisotopic (exact) mass is 449 g/mol. The number of hydrogen-bond donors (Lipinski definition) is 1. The summed E-state index contributed by atoms with van der Waals surface area (Å²) in [6.45, 7) is 5.66. The zero-order chi connectivity index (χ0) is 22.7. The van der Waals surface area contributed by atoms with E-state index in [1.54, 1.807) is 41.3 Å². The molecule has 1 fully saturated rings. The van der Waals surface area contributed by atoms with Crippen LogP contribution in [0.5, 0.6) is 0 Å². The molecule has 0 saturated carbocycles. The first kappa shape index (κ1) is 21.9. The van der Waals surface area contributed by atoms with Crippen LogP contribution in [-0.4, -0.2) is 32.4 Å². The van der Waals surface area contributed by atoms with E-state index in [2.05, 4.69) is 4.72 Å². The number of benzene rings is 3. The summed E-state index contributed by atoms with van der Waals surface area (Å²) in [7, 11) is -3.78. The van der Waals surface area contributed by atoms with Crippen molar-refractivity contribution < 1.29 is 13.2 Å². The summed E-state index contributed by atoms with van der Waals surface area (Å²) >= 11 is 0. The molecule has 6 nitrogen and oxygen atoms in total. The Morgan fingerprint density at radius 3 is 2.38 bits per heavy atom. The second-order valence-corrected chi connectivity index (χ2v) is 9.76. The second-order valence-electron chi connectivity index (χ2n) is 8.07. The number of amides is 2. The summed E-state index contributed by atoms with van der Waals surface area (Å²) in [4.78, 5) is 17.1. The van der Waals surface area contributed by atoms with Gasteiger partial charge in [0.15, 0.2) is 0 Å². The van der Waals surface area contributed by atoms with Crippen molar-refractivity contribution in [3.05, 3.63) is 89.5 Å². The Kier molecular flexibility index (Phi) is 6.19. The maximum atomic E-state index is 13.4. The quantitative estimate of drug-likeness (QED) is 0.580. The van der Waals surface area contributed by atoms with E-state index >= 15 is 0 Å². The van der Waals surface area contributed by atoms with Gasteiger partial charge in [0.2, 0.25) is 0 Å². The highest BCUT2D eigenvalue weighted by molar-refractivity contribution is 7.92. The molecule has 166 valence electrons. The van der Waals surface area contributed by atoms with E-state index < -0.39 is 10.0 Å². The Labute approximate surface area is 189 Å². The van der Waals surface area contributed by atoms with Gasteiger partial charge in [0.05, 0.1) is 16.3 Å². The minimum atomic E-state index is -3.78. The third-order valence-electron chi connectivity index (χ3n) is 5.67. The van der Waals surface area contributed by atoms with Crippen molar-refractivity contribution in [2.24, 2.45) is 0 Å². The average Bonchev–Trinajstić information content (AvgIpc) is 2.78. The molecule has 3 aromatic carbocycles. The van der Waals surface area contributed by atoms with Crippen molar-refractivity contribution in [2.75, 3.05) is 22.7 Å². The number of carbonyl (C=O) groups excluding carboxylic acids is 1. The molecule has 7 heteroatoms. The van der Waals surface area contributed by atoms with Gasteiger partial charge in [0.1, 0.15) is 0 Å². The molecular weight excluding hydrogens is 422 g/mol. The van der Waals surface area contributed by atoms with Gasteiger partial charge < -0.3 is 4.90 Å². The number of carbonyl (C=O) groups is 1. The SMILES string of the molecule is Cc1ccc(N2CCCN(Cc3ccccc3C)C2=O)c(NS(=O)(=O)c2ccccc2)c1. The van der Waals surface area contributed by atoms with E-state index in [9.17, 15) is 13.2 Å². The lowest BCUT2D eigenvalue weighted by molar-refractivity contribution is 0.192. The number of nitrogens with one attached hydrogen (secondary N) is 1. The van der Waals surface area contributed by atoms with E-state index in [1.807, 2.05) is 55.1 Å². The van der Waals surface area contributed by atoms with E-state index in [-0.39, 0.29) is 10.9 Å². The molecule has 1 aliphatic rings. The summed E-state index contributed by atoms with van der Waals surface area (Å²) in [5.41, 5.74) is 4.12. The van der Waals surface area contributed by atoms with Crippen LogP contribution in [0.15, 0.2) is 77.7 Å². The van der Waals surface area contributed by atoms with Crippen molar-refractivity contribution in [1.82, 2.24) is 4.90 Å². The maximum absolute atomic E-state index is 13.4. The molecule has 1 saturated heterocycles. The molecule has 0 radical (unpaired) electrons. The highest BCUT2D eigenvalue weighted by atomic mass is 32.2. The largest absolute Gasteiger partial charge is 0.324 e. The Morgan fingerprint density at radius 1 is 0.906 bits per heavy atom. The van der Waals surface area contributed by atoms with E-state index in [1.165, 1.54) is 0 Å². The highest BCUT2D eigenvalue weighted by Gasteiger charge is 2.29. The number of nitrogens with zero attached hydrogens (tertiary/aromatic N) is 2. The summed E-state index contributed by atoms with van der Waals surface area (Å²) in [6.07, 6.45) is 0.802. The summed E-state index contributed by atoms with van der Waals surface area (Å²) in [6, 6.07) is 21.6. The van der Waals surface area contributed by atoms with Crippen LogP contribution in [0.1, 0.15) is 23.1 Å². The fourth-order valence-corrected chi connectivity index (χ4v) is 5.00. The third-order valence-corrected chi connectivity index (χ3v) is 7.06. The van der Waals surface area contributed by atoms with Crippen molar-refractivity contribution in [1.29, 1.82) is 0 Å². The minimum absolute atomic E-state index is 0.122. The topological polar surface area (TPSA) is 69.7 Å². The minimum Gasteiger partial charge on any atom is -0.320 e. The molecule has 0 unspecified atom stereocenters. The molecule has 1 heterocycles. The van der Waals surface area contributed by atoms with Crippen molar-refractivity contribution >= 4 is 27.4 Å². The Morgan fingerprint density at radius 2 is 1.62 bits per heavy atom. The van der Waals surface area contributed by atoms with Crippen LogP contribution in [0.3, 0.4) is 0 Å². The fourth-order valence-electron chi connectivity index (χ4n) is 3.92. The molecule has 1 aliphatic heterocycles. The Hall–Kier alpha value is -3.32. The second kappa shape index (κ2) is 9.04. The van der Waals surface area contributed by atoms with E-state index in [0.29, 0.717) is 31.0 Å². The number of aryl methyl sites for hydroxylation is 2. The van der Waals surface area contributed by atoms with Crippen LogP contribution >= 0.6 is 0 Å². The van der Waals surface area contributed by atoms with Gasteiger partial charge in [-0.2, -0.15) is 0 Å². The van der Waals surface area contributed by atoms with Gasteiger partial charge in [-0.05, 0) is 61.2 Å². The molecule has 0 atom stereocenters. The van der Waals surface area contributed by atoms with Crippen LogP contribution in [0.25, 0.3) is 0 Å². The molecule has 0 aromatic heterocycles. The highest BCUT2D eigenvalue weighted by Crippen LogP contribution is 2.32. The lowest BCUT2D eigenvalue weighted by atomic mass is 10.1. The van der Waals surface area contributed by atoms with Crippen LogP contribution in [0.4, 0.5) is 16.2 Å². The van der Waals surface area contributed by atoms with Gasteiger partial charge in [-0.15, -0.1) is 0 Å². The number of anilines is 2. The molecule has 2 amide bonds. The average molecular weight is 450 g/mol. The zero-order valence-corrected chi connectivity index (χ0v) is 19.1. The maximum Gasteiger partial charge on any atom is 0.324 e. The van der Waals surface area contributed by atoms with E-state index in [4.69, 9.17) is 0 Å². The number of rotatable bonds is 6. The van der Waals surface area contributed by atoms with Gasteiger partial charge >= 0.3 is 6.03 Å². The first-order valence-corrected chi connectivity index (χ1v) is 12.1. The lowest BCUT2D eigenvalue weighted by Gasteiger charge is -2.36. The summed E-state index contributed by atoms with van der Waals surface area (Å²) in [5.74, 6) is 0. The predicted octanol–water partition coefficient (Wildman–Crippen LogP) is 4.94. The first-order valence-electron chi connectivity index (χ1n) is 10.6. The normalized spacial score (nSPS) is 14.5. The molecule has 4 rings (SSSR count). The van der Waals surface area contributed by atoms with Crippen LogP contribution in [0, 0.1) is 13.8 Å². The van der Waals surface area contributed by atoms with Crippen LogP contribution in [-0.2, 0) is 16.6 Å². The number of urea groups is 1. The smallest absolute Gasteiger partial charge is 0.320 e. The Balaban J connectivity index is 1.63. The molecule has 1 N–H and O–H groups in total. The lowest BCUT2D eigenvalue weighted by Crippen LogP contribution is -2.49. The molecule has 0 spiro atoms. The molecule has 32 heavy (non-hydrogen) atoms. The predicted molar refractivity (Wildman–Crippen MR) is 127 cm³/mol. The molecular formula is C25H27N3O3S. The molecule has 3 aromatic rings. The van der Waals surface area contributed by atoms with Gasteiger partial charge in [0, 0.05) is 19.6 Å². The molecule has 0 aliphatic carbocycles. The summed E-state index contributed by atoms with van der Waals surface area (Å²) < 4.78 is 28.6. The van der Waals surface area contributed by atoms with Gasteiger partial charge in [-0.1, -0.05) is 48.5 Å². The first-order chi connectivity index (χ1) is 15.3. The van der Waals surface area contributed by atoms with Crippen LogP contribution in [0.2, 0.25) is 0 Å². The Bertz CT molecular complexity index is 1230. The molecule has 0 bridgehead atoms. The van der Waals surface area contributed by atoms with Crippen molar-refractivity contribution in [3.8, 4) is 0 Å². The van der Waals surface area contributed by atoms with Crippen molar-refractivity contribution in [2.45, 2.75) is 31.7 Å². The number of sulfonamides is 1. The fraction of sp³-hybridized carbons (Fsp3) is 0.240.